The van der Waals surface area contributed by atoms with Crippen LogP contribution in [0.2, 0.25) is 0 Å². The van der Waals surface area contributed by atoms with Gasteiger partial charge in [0.05, 0.1) is 0 Å². The van der Waals surface area contributed by atoms with Crippen LogP contribution >= 0.6 is 0 Å². The maximum Gasteiger partial charge on any atom is 1.00 e. The molecule has 0 atom stereocenters. The second-order valence-corrected chi connectivity index (χ2v) is 4.43. The van der Waals surface area contributed by atoms with Crippen LogP contribution in [-0.4, -0.2) is 7.28 Å². The molecule has 0 bridgehead atoms. The van der Waals surface area contributed by atoms with Crippen LogP contribution in [0, 0.1) is 20.3 Å². The molecule has 0 spiro atoms. The molecule has 0 amide bonds. The Morgan fingerprint density at radius 1 is 0.737 bits per heavy atom. The van der Waals surface area contributed by atoms with Crippen molar-refractivity contribution >= 4 is 18.2 Å². The summed E-state index contributed by atoms with van der Waals surface area (Å²) < 4.78 is 0. The Morgan fingerprint density at radius 2 is 1.05 bits per heavy atom. The molecule has 0 N–H and O–H groups in total. The molecule has 2 aromatic carbocycles. The Balaban J connectivity index is 0.000000742. The largest absolute Gasteiger partial charge is 1.00 e. The van der Waals surface area contributed by atoms with Gasteiger partial charge in [0.1, 0.15) is 0 Å². The molecule has 0 nitrogen and oxygen atoms in total. The Bertz CT molecular complexity index is 437. The molecule has 0 heterocycles. The van der Waals surface area contributed by atoms with Gasteiger partial charge in [0.2, 0.25) is 0 Å². The van der Waals surface area contributed by atoms with E-state index >= 15 is 0 Å². The van der Waals surface area contributed by atoms with Crippen molar-refractivity contribution in [2.45, 2.75) is 27.7 Å². The van der Waals surface area contributed by atoms with Gasteiger partial charge in [-0.3, -0.25) is 0 Å². The van der Waals surface area contributed by atoms with Gasteiger partial charge in [0.25, 0.3) is 0 Å². The molecule has 0 unspecified atom stereocenters. The second-order valence-electron chi connectivity index (χ2n) is 4.43. The van der Waals surface area contributed by atoms with Crippen LogP contribution in [0.25, 0.3) is 0 Å². The maximum absolute atomic E-state index is 2.24. The molecule has 0 saturated carbocycles. The van der Waals surface area contributed by atoms with Gasteiger partial charge in [-0.25, -0.2) is 0 Å². The van der Waals surface area contributed by atoms with E-state index in [1.165, 1.54) is 22.1 Å². The van der Waals surface area contributed by atoms with Gasteiger partial charge in [-0.05, 0) is 13.8 Å². The molecule has 0 saturated heterocycles. The van der Waals surface area contributed by atoms with Crippen molar-refractivity contribution in [3.05, 3.63) is 66.1 Å². The van der Waals surface area contributed by atoms with Crippen LogP contribution in [0.1, 0.15) is 25.0 Å². The van der Waals surface area contributed by atoms with Gasteiger partial charge >= 0.3 is 22.4 Å². The standard InChI is InChI=1S/C14H14B.C3H7.Au/c1-11-7-3-5-9-13(11)15-14-10-6-4-8-12(14)2;1-3-2;/h3-10H,1-2H3;3H,1-2H3;/q;-1;+1. The molecule has 19 heavy (non-hydrogen) atoms. The molecule has 0 aliphatic heterocycles. The fourth-order valence-electron chi connectivity index (χ4n) is 1.67. The van der Waals surface area contributed by atoms with E-state index < -0.39 is 0 Å². The van der Waals surface area contributed by atoms with E-state index in [0.717, 1.165) is 0 Å². The summed E-state index contributed by atoms with van der Waals surface area (Å²) >= 11 is 0. The first kappa shape index (κ1) is 18.2. The summed E-state index contributed by atoms with van der Waals surface area (Å²) in [6.45, 7) is 8.29. The summed E-state index contributed by atoms with van der Waals surface area (Å²) in [5, 5.41) is 0. The molecular weight excluding hydrogens is 412 g/mol. The summed E-state index contributed by atoms with van der Waals surface area (Å²) in [6, 6.07) is 16.9. The van der Waals surface area contributed by atoms with Gasteiger partial charge in [-0.2, -0.15) is 13.8 Å². The zero-order chi connectivity index (χ0) is 13.4. The summed E-state index contributed by atoms with van der Waals surface area (Å²) in [5.74, 6) is 0. The average molecular weight is 433 g/mol. The van der Waals surface area contributed by atoms with Crippen molar-refractivity contribution in [1.82, 2.24) is 0 Å². The summed E-state index contributed by atoms with van der Waals surface area (Å²) in [5.41, 5.74) is 5.24. The van der Waals surface area contributed by atoms with E-state index in [1.807, 2.05) is 20.3 Å². The van der Waals surface area contributed by atoms with Crippen LogP contribution in [0.15, 0.2) is 48.5 Å². The fraction of sp³-hybridized carbons (Fsp3) is 0.235. The SMILES string of the molecule is C[CH-]C.Cc1ccccc1[B]c1ccccc1C.[Au+]. The van der Waals surface area contributed by atoms with Gasteiger partial charge in [-0.1, -0.05) is 70.6 Å². The van der Waals surface area contributed by atoms with E-state index in [9.17, 15) is 0 Å². The zero-order valence-corrected chi connectivity index (χ0v) is 14.2. The monoisotopic (exact) mass is 433 g/mol. The predicted molar refractivity (Wildman–Crippen MR) is 83.0 cm³/mol. The van der Waals surface area contributed by atoms with Crippen LogP contribution < -0.4 is 10.9 Å². The molecule has 0 aliphatic carbocycles. The van der Waals surface area contributed by atoms with Crippen LogP contribution in [0.3, 0.4) is 0 Å². The van der Waals surface area contributed by atoms with Gasteiger partial charge in [-0.15, -0.1) is 0 Å². The van der Waals surface area contributed by atoms with Crippen LogP contribution in [-0.2, 0) is 22.4 Å². The quantitative estimate of drug-likeness (QED) is 0.505. The van der Waals surface area contributed by atoms with Crippen LogP contribution in [0.4, 0.5) is 0 Å². The van der Waals surface area contributed by atoms with Crippen molar-refractivity contribution in [3.63, 3.8) is 0 Å². The average Bonchev–Trinajstić information content (AvgIpc) is 2.36. The van der Waals surface area contributed by atoms with E-state index in [1.54, 1.807) is 0 Å². The first-order valence-corrected chi connectivity index (χ1v) is 6.39. The third-order valence-electron chi connectivity index (χ3n) is 2.69. The van der Waals surface area contributed by atoms with Crippen LogP contribution in [0.5, 0.6) is 0 Å². The smallest absolute Gasteiger partial charge is 0.335 e. The Kier molecular flexibility index (Phi) is 9.68. The third kappa shape index (κ3) is 6.29. The van der Waals surface area contributed by atoms with Crippen molar-refractivity contribution in [2.75, 3.05) is 0 Å². The topological polar surface area (TPSA) is 0 Å². The zero-order valence-electron chi connectivity index (χ0n) is 12.1. The fourth-order valence-corrected chi connectivity index (χ4v) is 1.67. The maximum atomic E-state index is 2.24. The molecular formula is C17H21AuB. The molecule has 2 rings (SSSR count). The Hall–Kier alpha value is -0.755. The first-order chi connectivity index (χ1) is 8.69. The van der Waals surface area contributed by atoms with Gasteiger partial charge < -0.3 is 6.42 Å². The number of aryl methyl sites for hydroxylation is 2. The molecule has 0 aliphatic rings. The predicted octanol–water partition coefficient (Wildman–Crippen LogP) is 3.19. The van der Waals surface area contributed by atoms with Gasteiger partial charge in [0, 0.05) is 0 Å². The van der Waals surface area contributed by atoms with Crippen molar-refractivity contribution in [2.24, 2.45) is 0 Å². The molecule has 103 valence electrons. The second kappa shape index (κ2) is 10.1. The van der Waals surface area contributed by atoms with E-state index in [0.29, 0.717) is 0 Å². The third-order valence-corrected chi connectivity index (χ3v) is 2.69. The van der Waals surface area contributed by atoms with Crippen molar-refractivity contribution in [1.29, 1.82) is 0 Å². The summed E-state index contributed by atoms with van der Waals surface area (Å²) in [6.07, 6.45) is 2.00. The number of hydrogen-bond donors (Lipinski definition) is 0. The molecule has 2 aromatic rings. The first-order valence-electron chi connectivity index (χ1n) is 6.39. The Labute approximate surface area is 134 Å². The number of benzene rings is 2. The minimum atomic E-state index is 0. The van der Waals surface area contributed by atoms with Crippen molar-refractivity contribution in [3.8, 4) is 0 Å². The summed E-state index contributed by atoms with van der Waals surface area (Å²) in [4.78, 5) is 0. The van der Waals surface area contributed by atoms with E-state index in [4.69, 9.17) is 0 Å². The Morgan fingerprint density at radius 3 is 1.37 bits per heavy atom. The van der Waals surface area contributed by atoms with Crippen molar-refractivity contribution < 1.29 is 22.4 Å². The minimum absolute atomic E-state index is 0. The van der Waals surface area contributed by atoms with E-state index in [-0.39, 0.29) is 22.4 Å². The molecule has 2 heteroatoms. The molecule has 0 fully saturated rings. The molecule has 0 aromatic heterocycles. The minimum Gasteiger partial charge on any atom is -0.335 e. The number of hydrogen-bond acceptors (Lipinski definition) is 0. The van der Waals surface area contributed by atoms with Gasteiger partial charge in [0.15, 0.2) is 7.28 Å². The number of rotatable bonds is 2. The normalized spacial score (nSPS) is 8.84. The summed E-state index contributed by atoms with van der Waals surface area (Å²) in [7, 11) is 2.24. The van der Waals surface area contributed by atoms with E-state index in [2.05, 4.69) is 69.7 Å². The molecule has 1 radical (unpaired) electrons.